The van der Waals surface area contributed by atoms with Crippen molar-refractivity contribution in [3.63, 3.8) is 0 Å². The van der Waals surface area contributed by atoms with Crippen LogP contribution in [0.2, 0.25) is 5.02 Å². The summed E-state index contributed by atoms with van der Waals surface area (Å²) < 4.78 is 13.0. The number of carbonyl (C=O) groups excluding carboxylic acids is 1. The Bertz CT molecular complexity index is 635. The molecule has 0 N–H and O–H groups in total. The number of hydrogen-bond donors (Lipinski definition) is 0. The number of nitrogens with zero attached hydrogens (tertiary/aromatic N) is 2. The van der Waals surface area contributed by atoms with Crippen molar-refractivity contribution in [2.45, 2.75) is 13.1 Å². The van der Waals surface area contributed by atoms with E-state index in [4.69, 9.17) is 11.6 Å². The highest BCUT2D eigenvalue weighted by atomic mass is 35.5. The summed E-state index contributed by atoms with van der Waals surface area (Å²) in [6, 6.07) is 7.59. The molecule has 0 saturated carbocycles. The molecule has 19 heavy (non-hydrogen) atoms. The zero-order valence-corrected chi connectivity index (χ0v) is 10.7. The van der Waals surface area contributed by atoms with Crippen LogP contribution in [-0.2, 0) is 13.1 Å². The molecular formula is C14H10ClFN2O. The van der Waals surface area contributed by atoms with Crippen molar-refractivity contribution in [2.24, 2.45) is 0 Å². The Balaban J connectivity index is 1.87. The molecule has 0 fully saturated rings. The second-order valence-corrected chi connectivity index (χ2v) is 4.80. The Morgan fingerprint density at radius 2 is 2.16 bits per heavy atom. The molecule has 2 heterocycles. The van der Waals surface area contributed by atoms with E-state index in [-0.39, 0.29) is 10.9 Å². The van der Waals surface area contributed by atoms with Gasteiger partial charge >= 0.3 is 0 Å². The molecule has 0 radical (unpaired) electrons. The van der Waals surface area contributed by atoms with Crippen LogP contribution >= 0.6 is 11.6 Å². The molecular weight excluding hydrogens is 267 g/mol. The maximum Gasteiger partial charge on any atom is 0.256 e. The van der Waals surface area contributed by atoms with Gasteiger partial charge in [0, 0.05) is 12.7 Å². The molecule has 1 aromatic heterocycles. The molecule has 0 unspecified atom stereocenters. The van der Waals surface area contributed by atoms with Crippen LogP contribution in [0.5, 0.6) is 0 Å². The van der Waals surface area contributed by atoms with Crippen molar-refractivity contribution >= 4 is 17.5 Å². The third-order valence-electron chi connectivity index (χ3n) is 3.14. The first-order valence-corrected chi connectivity index (χ1v) is 6.20. The standard InChI is InChI=1S/C14H10ClFN2O/c15-12-6-10(16)3-4-11(12)14(19)18-7-9-2-1-5-17-13(9)8-18/h1-6H,7-8H2. The zero-order chi connectivity index (χ0) is 13.4. The fraction of sp³-hybridized carbons (Fsp3) is 0.143. The van der Waals surface area contributed by atoms with Gasteiger partial charge in [-0.1, -0.05) is 17.7 Å². The van der Waals surface area contributed by atoms with Gasteiger partial charge in [0.25, 0.3) is 5.91 Å². The lowest BCUT2D eigenvalue weighted by molar-refractivity contribution is 0.0750. The van der Waals surface area contributed by atoms with Crippen LogP contribution in [0.25, 0.3) is 0 Å². The number of rotatable bonds is 1. The lowest BCUT2D eigenvalue weighted by Crippen LogP contribution is -2.25. The van der Waals surface area contributed by atoms with Crippen molar-refractivity contribution in [2.75, 3.05) is 0 Å². The first kappa shape index (κ1) is 12.1. The van der Waals surface area contributed by atoms with E-state index in [0.29, 0.717) is 18.7 Å². The molecule has 0 aliphatic carbocycles. The molecule has 1 aliphatic rings. The SMILES string of the molecule is O=C(c1ccc(F)cc1Cl)N1Cc2cccnc2C1. The van der Waals surface area contributed by atoms with E-state index >= 15 is 0 Å². The Morgan fingerprint density at radius 1 is 1.32 bits per heavy atom. The quantitative estimate of drug-likeness (QED) is 0.802. The number of carbonyl (C=O) groups is 1. The van der Waals surface area contributed by atoms with Gasteiger partial charge < -0.3 is 4.90 Å². The van der Waals surface area contributed by atoms with Crippen LogP contribution in [0.4, 0.5) is 4.39 Å². The fourth-order valence-corrected chi connectivity index (χ4v) is 2.42. The molecule has 3 rings (SSSR count). The average Bonchev–Trinajstić information content (AvgIpc) is 2.81. The molecule has 0 saturated heterocycles. The maximum atomic E-state index is 13.0. The van der Waals surface area contributed by atoms with E-state index in [1.165, 1.54) is 12.1 Å². The summed E-state index contributed by atoms with van der Waals surface area (Å²) in [6.45, 7) is 0.971. The van der Waals surface area contributed by atoms with Crippen LogP contribution in [0, 0.1) is 5.82 Å². The van der Waals surface area contributed by atoms with Gasteiger partial charge in [0.2, 0.25) is 0 Å². The van der Waals surface area contributed by atoms with Gasteiger partial charge in [0.05, 0.1) is 22.8 Å². The lowest BCUT2D eigenvalue weighted by atomic mass is 10.2. The number of amides is 1. The number of fused-ring (bicyclic) bond motifs is 1. The van der Waals surface area contributed by atoms with Crippen LogP contribution < -0.4 is 0 Å². The highest BCUT2D eigenvalue weighted by molar-refractivity contribution is 6.33. The largest absolute Gasteiger partial charge is 0.328 e. The van der Waals surface area contributed by atoms with Crippen molar-refractivity contribution in [3.05, 3.63) is 64.2 Å². The number of pyridine rings is 1. The minimum Gasteiger partial charge on any atom is -0.328 e. The summed E-state index contributed by atoms with van der Waals surface area (Å²) in [5.41, 5.74) is 2.25. The van der Waals surface area contributed by atoms with Gasteiger partial charge in [-0.2, -0.15) is 0 Å². The predicted molar refractivity (Wildman–Crippen MR) is 69.2 cm³/mol. The van der Waals surface area contributed by atoms with E-state index in [9.17, 15) is 9.18 Å². The number of benzene rings is 1. The van der Waals surface area contributed by atoms with Crippen molar-refractivity contribution in [1.29, 1.82) is 0 Å². The maximum absolute atomic E-state index is 13.0. The van der Waals surface area contributed by atoms with Gasteiger partial charge in [0.15, 0.2) is 0 Å². The molecule has 1 aliphatic heterocycles. The van der Waals surface area contributed by atoms with Gasteiger partial charge in [-0.25, -0.2) is 4.39 Å². The summed E-state index contributed by atoms with van der Waals surface area (Å²) in [6.07, 6.45) is 1.71. The Labute approximate surface area is 114 Å². The highest BCUT2D eigenvalue weighted by Crippen LogP contribution is 2.25. The van der Waals surface area contributed by atoms with Gasteiger partial charge in [-0.15, -0.1) is 0 Å². The first-order valence-electron chi connectivity index (χ1n) is 5.82. The van der Waals surface area contributed by atoms with E-state index in [1.54, 1.807) is 11.1 Å². The fourth-order valence-electron chi connectivity index (χ4n) is 2.18. The van der Waals surface area contributed by atoms with Crippen LogP contribution in [0.3, 0.4) is 0 Å². The lowest BCUT2D eigenvalue weighted by Gasteiger charge is -2.15. The van der Waals surface area contributed by atoms with E-state index < -0.39 is 5.82 Å². The number of halogens is 2. The van der Waals surface area contributed by atoms with Crippen molar-refractivity contribution in [1.82, 2.24) is 9.88 Å². The molecule has 1 amide bonds. The highest BCUT2D eigenvalue weighted by Gasteiger charge is 2.26. The predicted octanol–water partition coefficient (Wildman–Crippen LogP) is 3.03. The summed E-state index contributed by atoms with van der Waals surface area (Å²) in [5, 5.41) is 0.133. The summed E-state index contributed by atoms with van der Waals surface area (Å²) in [7, 11) is 0. The monoisotopic (exact) mass is 276 g/mol. The van der Waals surface area contributed by atoms with Crippen LogP contribution in [0.15, 0.2) is 36.5 Å². The van der Waals surface area contributed by atoms with E-state index in [2.05, 4.69) is 4.98 Å². The summed E-state index contributed by atoms with van der Waals surface area (Å²) in [5.74, 6) is -0.657. The molecule has 3 nitrogen and oxygen atoms in total. The smallest absolute Gasteiger partial charge is 0.256 e. The first-order chi connectivity index (χ1) is 9.15. The van der Waals surface area contributed by atoms with Crippen LogP contribution in [-0.4, -0.2) is 15.8 Å². The topological polar surface area (TPSA) is 33.2 Å². The molecule has 5 heteroatoms. The van der Waals surface area contributed by atoms with Crippen molar-refractivity contribution in [3.8, 4) is 0 Å². The van der Waals surface area contributed by atoms with Gasteiger partial charge in [-0.05, 0) is 29.8 Å². The molecule has 2 aromatic rings. The zero-order valence-electron chi connectivity index (χ0n) is 9.94. The Hall–Kier alpha value is -1.94. The Kier molecular flexibility index (Phi) is 2.95. The van der Waals surface area contributed by atoms with E-state index in [0.717, 1.165) is 17.3 Å². The third-order valence-corrected chi connectivity index (χ3v) is 3.45. The van der Waals surface area contributed by atoms with E-state index in [1.807, 2.05) is 12.1 Å². The molecule has 0 atom stereocenters. The number of hydrogen-bond acceptors (Lipinski definition) is 2. The second-order valence-electron chi connectivity index (χ2n) is 4.39. The molecule has 1 aromatic carbocycles. The van der Waals surface area contributed by atoms with Crippen LogP contribution in [0.1, 0.15) is 21.6 Å². The average molecular weight is 277 g/mol. The molecule has 0 bridgehead atoms. The Morgan fingerprint density at radius 3 is 2.89 bits per heavy atom. The molecule has 96 valence electrons. The summed E-state index contributed by atoms with van der Waals surface area (Å²) >= 11 is 5.91. The third kappa shape index (κ3) is 2.19. The van der Waals surface area contributed by atoms with Gasteiger partial charge in [0.1, 0.15) is 5.82 Å². The number of aromatic nitrogens is 1. The minimum absolute atomic E-state index is 0.133. The normalized spacial score (nSPS) is 13.5. The van der Waals surface area contributed by atoms with Crippen molar-refractivity contribution < 1.29 is 9.18 Å². The second kappa shape index (κ2) is 4.63. The summed E-state index contributed by atoms with van der Waals surface area (Å²) in [4.78, 5) is 18.2. The van der Waals surface area contributed by atoms with Gasteiger partial charge in [-0.3, -0.25) is 9.78 Å². The molecule has 0 spiro atoms. The minimum atomic E-state index is -0.451.